The number of thioether (sulfide) groups is 1. The molecule has 7 nitrogen and oxygen atoms in total. The summed E-state index contributed by atoms with van der Waals surface area (Å²) in [6.45, 7) is 0.311. The van der Waals surface area contributed by atoms with Crippen molar-refractivity contribution in [3.05, 3.63) is 84.2 Å². The number of para-hydroxylation sites is 2. The Morgan fingerprint density at radius 3 is 2.47 bits per heavy atom. The number of amidine groups is 1. The van der Waals surface area contributed by atoms with Gasteiger partial charge in [0.15, 0.2) is 16.7 Å². The van der Waals surface area contributed by atoms with Crippen LogP contribution >= 0.6 is 11.8 Å². The van der Waals surface area contributed by atoms with Crippen LogP contribution in [0.3, 0.4) is 0 Å². The molecule has 4 rings (SSSR count). The van der Waals surface area contributed by atoms with E-state index in [-0.39, 0.29) is 23.9 Å². The number of aliphatic imine (C=N–C) groups is 1. The van der Waals surface area contributed by atoms with Crippen molar-refractivity contribution >= 4 is 40.1 Å². The van der Waals surface area contributed by atoms with Crippen LogP contribution in [0.1, 0.15) is 12.0 Å². The third kappa shape index (κ3) is 6.04. The highest BCUT2D eigenvalue weighted by Gasteiger charge is 2.39. The number of nitrogens with zero attached hydrogens (tertiary/aromatic N) is 2. The largest absolute Gasteiger partial charge is 0.493 e. The van der Waals surface area contributed by atoms with Crippen molar-refractivity contribution in [3.8, 4) is 11.5 Å². The number of ether oxygens (including phenoxy) is 2. The summed E-state index contributed by atoms with van der Waals surface area (Å²) in [7, 11) is 3.13. The Bertz CT molecular complexity index is 1270. The van der Waals surface area contributed by atoms with Crippen molar-refractivity contribution < 1.29 is 23.5 Å². The van der Waals surface area contributed by atoms with E-state index < -0.39 is 11.1 Å². The fourth-order valence-corrected chi connectivity index (χ4v) is 4.93. The molecule has 1 fully saturated rings. The maximum Gasteiger partial charge on any atom is 0.242 e. The zero-order chi connectivity index (χ0) is 25.5. The second-order valence-corrected chi connectivity index (χ2v) is 9.17. The van der Waals surface area contributed by atoms with Gasteiger partial charge < -0.3 is 14.8 Å². The number of methoxy groups -OCH3 is 2. The molecule has 0 bridgehead atoms. The van der Waals surface area contributed by atoms with Crippen LogP contribution in [0.15, 0.2) is 77.8 Å². The predicted octanol–water partition coefficient (Wildman–Crippen LogP) is 5.05. The molecule has 0 unspecified atom stereocenters. The minimum Gasteiger partial charge on any atom is -0.493 e. The summed E-state index contributed by atoms with van der Waals surface area (Å²) in [4.78, 5) is 31.9. The first-order chi connectivity index (χ1) is 17.5. The van der Waals surface area contributed by atoms with Gasteiger partial charge >= 0.3 is 0 Å². The molecule has 0 aromatic heterocycles. The highest BCUT2D eigenvalue weighted by molar-refractivity contribution is 8.15. The average molecular weight is 508 g/mol. The normalized spacial score (nSPS) is 16.3. The van der Waals surface area contributed by atoms with E-state index in [0.717, 1.165) is 5.56 Å². The van der Waals surface area contributed by atoms with Gasteiger partial charge in [0.2, 0.25) is 11.8 Å². The summed E-state index contributed by atoms with van der Waals surface area (Å²) in [5.41, 5.74) is 1.72. The maximum absolute atomic E-state index is 14.3. The summed E-state index contributed by atoms with van der Waals surface area (Å²) in [6.07, 6.45) is 0.480. The number of anilines is 1. The minimum atomic E-state index is -0.662. The second-order valence-electron chi connectivity index (χ2n) is 8.00. The molecule has 0 radical (unpaired) electrons. The Balaban J connectivity index is 1.53. The quantitative estimate of drug-likeness (QED) is 0.439. The number of amides is 2. The van der Waals surface area contributed by atoms with Gasteiger partial charge in [0.25, 0.3) is 0 Å². The lowest BCUT2D eigenvalue weighted by molar-refractivity contribution is -0.128. The van der Waals surface area contributed by atoms with E-state index in [1.165, 1.54) is 22.7 Å². The number of nitrogens with one attached hydrogen (secondary N) is 1. The van der Waals surface area contributed by atoms with Gasteiger partial charge in [-0.15, -0.1) is 0 Å². The van der Waals surface area contributed by atoms with Crippen LogP contribution < -0.4 is 14.8 Å². The Morgan fingerprint density at radius 1 is 1.03 bits per heavy atom. The van der Waals surface area contributed by atoms with Crippen LogP contribution in [0.2, 0.25) is 0 Å². The van der Waals surface area contributed by atoms with Crippen molar-refractivity contribution in [2.75, 3.05) is 26.1 Å². The fraction of sp³-hybridized carbons (Fsp3) is 0.222. The molecule has 36 heavy (non-hydrogen) atoms. The molecule has 0 aliphatic carbocycles. The topological polar surface area (TPSA) is 80.2 Å². The Kier molecular flexibility index (Phi) is 8.22. The van der Waals surface area contributed by atoms with Crippen LogP contribution in [-0.2, 0) is 16.0 Å². The van der Waals surface area contributed by atoms with Crippen LogP contribution in [0, 0.1) is 5.82 Å². The average Bonchev–Trinajstić information content (AvgIpc) is 3.17. The van der Waals surface area contributed by atoms with E-state index in [0.29, 0.717) is 35.3 Å². The molecule has 0 spiro atoms. The lowest BCUT2D eigenvalue weighted by Gasteiger charge is -2.17. The van der Waals surface area contributed by atoms with Crippen LogP contribution in [-0.4, -0.2) is 47.9 Å². The molecule has 1 aliphatic rings. The molecular formula is C27H26FN3O4S. The standard InChI is InChI=1S/C27H26FN3O4S/c1-34-22-13-12-18(16-23(22)35-2)14-15-31-26(33)24(17-25(32)29-19-8-4-3-5-9-19)36-27(31)30-21-11-7-6-10-20(21)28/h3-13,16,24H,14-15,17H2,1-2H3,(H,29,32)/t24-/m0/s1. The summed E-state index contributed by atoms with van der Waals surface area (Å²) < 4.78 is 25.0. The third-order valence-corrected chi connectivity index (χ3v) is 6.76. The first-order valence-corrected chi connectivity index (χ1v) is 12.2. The smallest absolute Gasteiger partial charge is 0.242 e. The van der Waals surface area contributed by atoms with Gasteiger partial charge in [-0.1, -0.05) is 48.2 Å². The number of hydrogen-bond acceptors (Lipinski definition) is 6. The van der Waals surface area contributed by atoms with Crippen molar-refractivity contribution in [1.82, 2.24) is 4.90 Å². The SMILES string of the molecule is COc1ccc(CCN2C(=O)[C@H](CC(=O)Nc3ccccc3)SC2=Nc2ccccc2F)cc1OC. The minimum absolute atomic E-state index is 0.0262. The van der Waals surface area contributed by atoms with Gasteiger partial charge in [0, 0.05) is 18.7 Å². The number of carbonyl (C=O) groups excluding carboxylic acids is 2. The van der Waals surface area contributed by atoms with Gasteiger partial charge in [-0.3, -0.25) is 14.5 Å². The lowest BCUT2D eigenvalue weighted by Crippen LogP contribution is -2.35. The number of carbonyl (C=O) groups is 2. The summed E-state index contributed by atoms with van der Waals surface area (Å²) in [6, 6.07) is 20.7. The molecular weight excluding hydrogens is 481 g/mol. The Morgan fingerprint density at radius 2 is 1.75 bits per heavy atom. The first kappa shape index (κ1) is 25.2. The van der Waals surface area contributed by atoms with E-state index >= 15 is 0 Å². The summed E-state index contributed by atoms with van der Waals surface area (Å²) in [5.74, 6) is 0.203. The number of hydrogen-bond donors (Lipinski definition) is 1. The highest BCUT2D eigenvalue weighted by Crippen LogP contribution is 2.33. The number of rotatable bonds is 9. The molecule has 1 heterocycles. The first-order valence-electron chi connectivity index (χ1n) is 11.4. The highest BCUT2D eigenvalue weighted by atomic mass is 32.2. The van der Waals surface area contributed by atoms with Crippen molar-refractivity contribution in [2.45, 2.75) is 18.1 Å². The van der Waals surface area contributed by atoms with Crippen LogP contribution in [0.25, 0.3) is 0 Å². The van der Waals surface area contributed by atoms with E-state index in [1.54, 1.807) is 50.6 Å². The monoisotopic (exact) mass is 507 g/mol. The van der Waals surface area contributed by atoms with Crippen molar-refractivity contribution in [1.29, 1.82) is 0 Å². The second kappa shape index (κ2) is 11.7. The fourth-order valence-electron chi connectivity index (χ4n) is 3.76. The molecule has 186 valence electrons. The molecule has 0 saturated carbocycles. The third-order valence-electron chi connectivity index (χ3n) is 5.59. The van der Waals surface area contributed by atoms with Gasteiger partial charge in [0.1, 0.15) is 16.8 Å². The maximum atomic E-state index is 14.3. The van der Waals surface area contributed by atoms with Crippen molar-refractivity contribution in [3.63, 3.8) is 0 Å². The van der Waals surface area contributed by atoms with E-state index in [4.69, 9.17) is 9.47 Å². The molecule has 9 heteroatoms. The molecule has 3 aromatic rings. The number of halogens is 1. The van der Waals surface area contributed by atoms with Gasteiger partial charge in [0.05, 0.1) is 14.2 Å². The van der Waals surface area contributed by atoms with Gasteiger partial charge in [-0.2, -0.15) is 0 Å². The zero-order valence-electron chi connectivity index (χ0n) is 19.9. The van der Waals surface area contributed by atoms with E-state index in [1.807, 2.05) is 30.3 Å². The molecule has 3 aromatic carbocycles. The zero-order valence-corrected chi connectivity index (χ0v) is 20.8. The molecule has 1 aliphatic heterocycles. The van der Waals surface area contributed by atoms with Crippen LogP contribution in [0.5, 0.6) is 11.5 Å². The Labute approximate surface area is 213 Å². The lowest BCUT2D eigenvalue weighted by atomic mass is 10.1. The van der Waals surface area contributed by atoms with Gasteiger partial charge in [-0.05, 0) is 48.4 Å². The van der Waals surface area contributed by atoms with E-state index in [2.05, 4.69) is 10.3 Å². The molecule has 1 atom stereocenters. The van der Waals surface area contributed by atoms with Gasteiger partial charge in [-0.25, -0.2) is 9.38 Å². The molecule has 2 amide bonds. The molecule has 1 saturated heterocycles. The van der Waals surface area contributed by atoms with Crippen LogP contribution in [0.4, 0.5) is 15.8 Å². The molecule has 1 N–H and O–H groups in total. The summed E-state index contributed by atoms with van der Waals surface area (Å²) in [5, 5.41) is 2.51. The number of benzene rings is 3. The van der Waals surface area contributed by atoms with Crippen molar-refractivity contribution in [2.24, 2.45) is 4.99 Å². The predicted molar refractivity (Wildman–Crippen MR) is 140 cm³/mol. The summed E-state index contributed by atoms with van der Waals surface area (Å²) >= 11 is 1.17. The van der Waals surface area contributed by atoms with E-state index in [9.17, 15) is 14.0 Å². The Hall–Kier alpha value is -3.85.